The standard InChI is InChI=1S/C15H10ClF2NOS/c16-11-4-2-1-3-10(11)15-19(14(20)8-21-15)13-6-5-9(17)7-12(13)18/h1-7,15H,8H2/t15-/m0/s1. The van der Waals surface area contributed by atoms with E-state index in [4.69, 9.17) is 11.6 Å². The van der Waals surface area contributed by atoms with Gasteiger partial charge in [0.25, 0.3) is 0 Å². The van der Waals surface area contributed by atoms with Gasteiger partial charge < -0.3 is 0 Å². The molecule has 6 heteroatoms. The highest BCUT2D eigenvalue weighted by molar-refractivity contribution is 8.00. The van der Waals surface area contributed by atoms with Gasteiger partial charge in [-0.1, -0.05) is 29.8 Å². The molecule has 1 aliphatic rings. The lowest BCUT2D eigenvalue weighted by Crippen LogP contribution is -2.28. The Morgan fingerprint density at radius 1 is 1.19 bits per heavy atom. The van der Waals surface area contributed by atoms with Crippen LogP contribution < -0.4 is 4.90 Å². The summed E-state index contributed by atoms with van der Waals surface area (Å²) in [6.07, 6.45) is 0. The molecule has 0 saturated carbocycles. The van der Waals surface area contributed by atoms with Crippen LogP contribution in [0.5, 0.6) is 0 Å². The van der Waals surface area contributed by atoms with Crippen molar-refractivity contribution in [1.29, 1.82) is 0 Å². The molecule has 1 atom stereocenters. The van der Waals surface area contributed by atoms with Crippen LogP contribution in [0.15, 0.2) is 42.5 Å². The van der Waals surface area contributed by atoms with Crippen molar-refractivity contribution in [3.63, 3.8) is 0 Å². The molecule has 1 fully saturated rings. The van der Waals surface area contributed by atoms with Gasteiger partial charge in [-0.15, -0.1) is 11.8 Å². The second-order valence-electron chi connectivity index (χ2n) is 4.54. The van der Waals surface area contributed by atoms with E-state index in [2.05, 4.69) is 0 Å². The molecular weight excluding hydrogens is 316 g/mol. The predicted octanol–water partition coefficient (Wildman–Crippen LogP) is 4.40. The molecule has 0 radical (unpaired) electrons. The first kappa shape index (κ1) is 14.4. The van der Waals surface area contributed by atoms with E-state index < -0.39 is 17.0 Å². The van der Waals surface area contributed by atoms with Crippen molar-refractivity contribution >= 4 is 35.0 Å². The first-order valence-corrected chi connectivity index (χ1v) is 7.64. The number of hydrogen-bond acceptors (Lipinski definition) is 2. The summed E-state index contributed by atoms with van der Waals surface area (Å²) < 4.78 is 27.0. The topological polar surface area (TPSA) is 20.3 Å². The third-order valence-corrected chi connectivity index (χ3v) is 4.75. The first-order valence-electron chi connectivity index (χ1n) is 6.21. The largest absolute Gasteiger partial charge is 0.292 e. The SMILES string of the molecule is O=C1CS[C@@H](c2ccccc2Cl)N1c1ccc(F)cc1F. The van der Waals surface area contributed by atoms with Gasteiger partial charge in [-0.3, -0.25) is 9.69 Å². The maximum atomic E-state index is 14.0. The third kappa shape index (κ3) is 2.63. The number of anilines is 1. The van der Waals surface area contributed by atoms with E-state index in [9.17, 15) is 13.6 Å². The normalized spacial score (nSPS) is 18.3. The van der Waals surface area contributed by atoms with E-state index in [1.165, 1.54) is 22.7 Å². The van der Waals surface area contributed by atoms with Crippen LogP contribution in [0, 0.1) is 11.6 Å². The van der Waals surface area contributed by atoms with Gasteiger partial charge in [-0.25, -0.2) is 8.78 Å². The molecule has 2 aromatic rings. The maximum absolute atomic E-state index is 14.0. The third-order valence-electron chi connectivity index (χ3n) is 3.21. The Labute approximate surface area is 129 Å². The predicted molar refractivity (Wildman–Crippen MR) is 80.5 cm³/mol. The molecule has 0 aromatic heterocycles. The van der Waals surface area contributed by atoms with E-state index in [0.717, 1.165) is 17.7 Å². The quantitative estimate of drug-likeness (QED) is 0.816. The van der Waals surface area contributed by atoms with E-state index in [1.807, 2.05) is 6.07 Å². The zero-order valence-electron chi connectivity index (χ0n) is 10.7. The van der Waals surface area contributed by atoms with Crippen LogP contribution in [0.2, 0.25) is 5.02 Å². The van der Waals surface area contributed by atoms with Crippen LogP contribution in [-0.4, -0.2) is 11.7 Å². The van der Waals surface area contributed by atoms with Crippen molar-refractivity contribution in [3.8, 4) is 0 Å². The van der Waals surface area contributed by atoms with Gasteiger partial charge in [0.2, 0.25) is 5.91 Å². The summed E-state index contributed by atoms with van der Waals surface area (Å²) in [5.74, 6) is -1.43. The van der Waals surface area contributed by atoms with E-state index >= 15 is 0 Å². The number of carbonyl (C=O) groups is 1. The molecule has 1 heterocycles. The Bertz CT molecular complexity index is 710. The Morgan fingerprint density at radius 2 is 1.95 bits per heavy atom. The number of halogens is 3. The number of rotatable bonds is 2. The number of hydrogen-bond donors (Lipinski definition) is 0. The van der Waals surface area contributed by atoms with Gasteiger partial charge in [-0.05, 0) is 18.2 Å². The van der Waals surface area contributed by atoms with Crippen LogP contribution in [0.3, 0.4) is 0 Å². The average molecular weight is 326 g/mol. The summed E-state index contributed by atoms with van der Waals surface area (Å²) in [7, 11) is 0. The smallest absolute Gasteiger partial charge is 0.238 e. The molecule has 1 saturated heterocycles. The summed E-state index contributed by atoms with van der Waals surface area (Å²) in [4.78, 5) is 13.4. The van der Waals surface area contributed by atoms with Gasteiger partial charge in [0.1, 0.15) is 17.0 Å². The molecule has 21 heavy (non-hydrogen) atoms. The lowest BCUT2D eigenvalue weighted by atomic mass is 10.2. The molecule has 0 bridgehead atoms. The summed E-state index contributed by atoms with van der Waals surface area (Å²) >= 11 is 7.53. The van der Waals surface area contributed by atoms with Crippen molar-refractivity contribution in [1.82, 2.24) is 0 Å². The molecule has 0 aliphatic carbocycles. The summed E-state index contributed by atoms with van der Waals surface area (Å²) in [5.41, 5.74) is 0.801. The monoisotopic (exact) mass is 325 g/mol. The van der Waals surface area contributed by atoms with Gasteiger partial charge in [-0.2, -0.15) is 0 Å². The Kier molecular flexibility index (Phi) is 3.87. The number of nitrogens with zero attached hydrogens (tertiary/aromatic N) is 1. The zero-order valence-corrected chi connectivity index (χ0v) is 12.3. The van der Waals surface area contributed by atoms with E-state index in [1.54, 1.807) is 18.2 Å². The maximum Gasteiger partial charge on any atom is 0.238 e. The lowest BCUT2D eigenvalue weighted by molar-refractivity contribution is -0.115. The van der Waals surface area contributed by atoms with Crippen LogP contribution in [0.1, 0.15) is 10.9 Å². The number of carbonyl (C=O) groups excluding carboxylic acids is 1. The second kappa shape index (κ2) is 5.66. The highest BCUT2D eigenvalue weighted by Gasteiger charge is 2.36. The average Bonchev–Trinajstić information content (AvgIpc) is 2.81. The van der Waals surface area contributed by atoms with Gasteiger partial charge in [0, 0.05) is 16.7 Å². The molecule has 0 N–H and O–H groups in total. The molecule has 1 amide bonds. The van der Waals surface area contributed by atoms with Crippen molar-refractivity contribution in [2.75, 3.05) is 10.7 Å². The van der Waals surface area contributed by atoms with Crippen molar-refractivity contribution in [2.24, 2.45) is 0 Å². The van der Waals surface area contributed by atoms with Gasteiger partial charge >= 0.3 is 0 Å². The fourth-order valence-corrected chi connectivity index (χ4v) is 3.78. The molecule has 108 valence electrons. The first-order chi connectivity index (χ1) is 10.1. The number of thioether (sulfide) groups is 1. The molecule has 2 aromatic carbocycles. The lowest BCUT2D eigenvalue weighted by Gasteiger charge is -2.25. The Hall–Kier alpha value is -1.59. The summed E-state index contributed by atoms with van der Waals surface area (Å²) in [6.45, 7) is 0. The minimum absolute atomic E-state index is 0.0660. The highest BCUT2D eigenvalue weighted by Crippen LogP contribution is 2.44. The number of amides is 1. The summed E-state index contributed by atoms with van der Waals surface area (Å²) in [6, 6.07) is 10.3. The zero-order chi connectivity index (χ0) is 15.0. The minimum Gasteiger partial charge on any atom is -0.292 e. The second-order valence-corrected chi connectivity index (χ2v) is 6.02. The molecule has 2 nitrogen and oxygen atoms in total. The fourth-order valence-electron chi connectivity index (χ4n) is 2.27. The fraction of sp³-hybridized carbons (Fsp3) is 0.133. The van der Waals surface area contributed by atoms with Crippen molar-refractivity contribution < 1.29 is 13.6 Å². The van der Waals surface area contributed by atoms with Crippen LogP contribution >= 0.6 is 23.4 Å². The molecule has 0 spiro atoms. The van der Waals surface area contributed by atoms with E-state index in [0.29, 0.717) is 5.02 Å². The van der Waals surface area contributed by atoms with Crippen molar-refractivity contribution in [2.45, 2.75) is 5.37 Å². The Balaban J connectivity index is 2.06. The van der Waals surface area contributed by atoms with Crippen LogP contribution in [-0.2, 0) is 4.79 Å². The summed E-state index contributed by atoms with van der Waals surface area (Å²) in [5, 5.41) is 0.100. The van der Waals surface area contributed by atoms with E-state index in [-0.39, 0.29) is 17.3 Å². The minimum atomic E-state index is -0.761. The van der Waals surface area contributed by atoms with Crippen LogP contribution in [0.4, 0.5) is 14.5 Å². The molecule has 1 aliphatic heterocycles. The molecular formula is C15H10ClF2NOS. The Morgan fingerprint density at radius 3 is 2.67 bits per heavy atom. The molecule has 0 unspecified atom stereocenters. The van der Waals surface area contributed by atoms with Crippen LogP contribution in [0.25, 0.3) is 0 Å². The van der Waals surface area contributed by atoms with Crippen molar-refractivity contribution in [3.05, 3.63) is 64.7 Å². The molecule has 3 rings (SSSR count). The van der Waals surface area contributed by atoms with Gasteiger partial charge in [0.05, 0.1) is 11.4 Å². The van der Waals surface area contributed by atoms with Gasteiger partial charge in [0.15, 0.2) is 0 Å². The number of benzene rings is 2. The highest BCUT2D eigenvalue weighted by atomic mass is 35.5.